The van der Waals surface area contributed by atoms with Crippen molar-refractivity contribution in [1.82, 2.24) is 19.7 Å². The van der Waals surface area contributed by atoms with E-state index in [9.17, 15) is 4.79 Å². The molecule has 1 aliphatic heterocycles. The molecule has 0 N–H and O–H groups in total. The zero-order valence-corrected chi connectivity index (χ0v) is 12.7. The van der Waals surface area contributed by atoms with Gasteiger partial charge < -0.3 is 9.26 Å². The van der Waals surface area contributed by atoms with Crippen molar-refractivity contribution in [2.75, 3.05) is 13.2 Å². The Morgan fingerprint density at radius 2 is 2.26 bits per heavy atom. The molecule has 1 fully saturated rings. The fourth-order valence-corrected chi connectivity index (χ4v) is 3.07. The van der Waals surface area contributed by atoms with E-state index in [0.717, 1.165) is 11.5 Å². The Balaban J connectivity index is 1.68. The quantitative estimate of drug-likeness (QED) is 0.729. The lowest BCUT2D eigenvalue weighted by atomic mass is 9.98. The lowest BCUT2D eigenvalue weighted by Crippen LogP contribution is -2.30. The molecule has 1 saturated heterocycles. The summed E-state index contributed by atoms with van der Waals surface area (Å²) >= 11 is 0. The minimum Gasteiger partial charge on any atom is -0.379 e. The second-order valence-electron chi connectivity index (χ2n) is 5.84. The lowest BCUT2D eigenvalue weighted by molar-refractivity contribution is 0.179. The van der Waals surface area contributed by atoms with Gasteiger partial charge in [-0.15, -0.1) is 0 Å². The molecule has 4 heterocycles. The van der Waals surface area contributed by atoms with Crippen LogP contribution in [0, 0.1) is 12.8 Å². The van der Waals surface area contributed by atoms with Crippen LogP contribution in [-0.4, -0.2) is 32.9 Å². The molecule has 0 aromatic carbocycles. The maximum atomic E-state index is 12.7. The van der Waals surface area contributed by atoms with Gasteiger partial charge in [0.1, 0.15) is 12.1 Å². The topological polar surface area (TPSA) is 83.0 Å². The van der Waals surface area contributed by atoms with Crippen molar-refractivity contribution >= 4 is 11.0 Å². The summed E-state index contributed by atoms with van der Waals surface area (Å²) in [6.45, 7) is 2.97. The number of nitrogens with zero attached hydrogens (tertiary/aromatic N) is 4. The van der Waals surface area contributed by atoms with Crippen LogP contribution in [0.5, 0.6) is 0 Å². The van der Waals surface area contributed by atoms with E-state index >= 15 is 0 Å². The van der Waals surface area contributed by atoms with Gasteiger partial charge in [0, 0.05) is 24.6 Å². The lowest BCUT2D eigenvalue weighted by Gasteiger charge is -2.18. The molecule has 1 aliphatic rings. The molecule has 118 valence electrons. The molecule has 3 aromatic heterocycles. The van der Waals surface area contributed by atoms with Crippen molar-refractivity contribution in [2.24, 2.45) is 5.92 Å². The third-order valence-corrected chi connectivity index (χ3v) is 4.22. The molecule has 0 radical (unpaired) electrons. The first-order chi connectivity index (χ1) is 11.2. The van der Waals surface area contributed by atoms with Crippen molar-refractivity contribution in [3.63, 3.8) is 0 Å². The van der Waals surface area contributed by atoms with Crippen LogP contribution in [0.25, 0.3) is 11.0 Å². The zero-order chi connectivity index (χ0) is 15.8. The SMILES string of the molecule is Cc1cc(C[C@@H]2COC[C@@H]2n2cnc3ncccc3c2=O)on1. The van der Waals surface area contributed by atoms with Gasteiger partial charge in [-0.1, -0.05) is 5.16 Å². The van der Waals surface area contributed by atoms with Crippen molar-refractivity contribution in [2.45, 2.75) is 19.4 Å². The van der Waals surface area contributed by atoms with Gasteiger partial charge >= 0.3 is 0 Å². The first-order valence-corrected chi connectivity index (χ1v) is 7.54. The summed E-state index contributed by atoms with van der Waals surface area (Å²) in [6.07, 6.45) is 3.88. The largest absolute Gasteiger partial charge is 0.379 e. The average Bonchev–Trinajstić information content (AvgIpc) is 3.18. The maximum absolute atomic E-state index is 12.7. The third-order valence-electron chi connectivity index (χ3n) is 4.22. The number of rotatable bonds is 3. The van der Waals surface area contributed by atoms with E-state index in [0.29, 0.717) is 30.7 Å². The Morgan fingerprint density at radius 3 is 3.09 bits per heavy atom. The molecule has 0 aliphatic carbocycles. The summed E-state index contributed by atoms with van der Waals surface area (Å²) in [5.41, 5.74) is 1.23. The number of fused-ring (bicyclic) bond motifs is 1. The highest BCUT2D eigenvalue weighted by Crippen LogP contribution is 2.28. The molecule has 0 amide bonds. The van der Waals surface area contributed by atoms with E-state index in [-0.39, 0.29) is 17.5 Å². The zero-order valence-electron chi connectivity index (χ0n) is 12.7. The van der Waals surface area contributed by atoms with Crippen LogP contribution in [0.1, 0.15) is 17.5 Å². The molecule has 0 bridgehead atoms. The summed E-state index contributed by atoms with van der Waals surface area (Å²) in [5, 5.41) is 4.43. The minimum atomic E-state index is -0.0858. The molecule has 0 unspecified atom stereocenters. The molecule has 3 aromatic rings. The van der Waals surface area contributed by atoms with Crippen LogP contribution in [0.4, 0.5) is 0 Å². The van der Waals surface area contributed by atoms with Crippen LogP contribution in [0.3, 0.4) is 0 Å². The molecule has 0 saturated carbocycles. The number of aromatic nitrogens is 4. The predicted octanol–water partition coefficient (Wildman–Crippen LogP) is 1.52. The van der Waals surface area contributed by atoms with Crippen molar-refractivity contribution in [3.05, 3.63) is 52.5 Å². The van der Waals surface area contributed by atoms with Crippen molar-refractivity contribution < 1.29 is 9.26 Å². The number of aryl methyl sites for hydroxylation is 1. The summed E-state index contributed by atoms with van der Waals surface area (Å²) < 4.78 is 12.6. The van der Waals surface area contributed by atoms with Gasteiger partial charge in [-0.25, -0.2) is 9.97 Å². The number of hydrogen-bond donors (Lipinski definition) is 0. The summed E-state index contributed by atoms with van der Waals surface area (Å²) in [6, 6.07) is 5.35. The van der Waals surface area contributed by atoms with E-state index in [4.69, 9.17) is 9.26 Å². The fraction of sp³-hybridized carbons (Fsp3) is 0.375. The summed E-state index contributed by atoms with van der Waals surface area (Å²) in [5.74, 6) is 0.961. The molecule has 7 heteroatoms. The van der Waals surface area contributed by atoms with Crippen LogP contribution >= 0.6 is 0 Å². The van der Waals surface area contributed by atoms with Crippen LogP contribution in [-0.2, 0) is 11.2 Å². The molecule has 2 atom stereocenters. The fourth-order valence-electron chi connectivity index (χ4n) is 3.07. The van der Waals surface area contributed by atoms with Crippen LogP contribution < -0.4 is 5.56 Å². The smallest absolute Gasteiger partial charge is 0.263 e. The standard InChI is InChI=1S/C16H16N4O3/c1-10-5-12(23-19-10)6-11-7-22-8-14(11)20-9-18-15-13(16(20)21)3-2-4-17-15/h2-5,9,11,14H,6-8H2,1H3/t11-,14+/m1/s1. The van der Waals surface area contributed by atoms with Gasteiger partial charge in [-0.2, -0.15) is 0 Å². The van der Waals surface area contributed by atoms with E-state index < -0.39 is 0 Å². The van der Waals surface area contributed by atoms with Gasteiger partial charge in [-0.3, -0.25) is 9.36 Å². The Bertz CT molecular complexity index is 901. The molecule has 23 heavy (non-hydrogen) atoms. The maximum Gasteiger partial charge on any atom is 0.263 e. The molecular formula is C16H16N4O3. The Kier molecular flexibility index (Phi) is 3.42. The van der Waals surface area contributed by atoms with E-state index in [1.165, 1.54) is 0 Å². The van der Waals surface area contributed by atoms with E-state index in [1.54, 1.807) is 29.2 Å². The molecule has 7 nitrogen and oxygen atoms in total. The van der Waals surface area contributed by atoms with Gasteiger partial charge in [0.2, 0.25) is 0 Å². The Labute approximate surface area is 131 Å². The van der Waals surface area contributed by atoms with Gasteiger partial charge in [0.15, 0.2) is 5.65 Å². The Morgan fingerprint density at radius 1 is 1.35 bits per heavy atom. The van der Waals surface area contributed by atoms with Gasteiger partial charge in [-0.05, 0) is 19.1 Å². The van der Waals surface area contributed by atoms with E-state index in [1.807, 2.05) is 13.0 Å². The number of hydrogen-bond acceptors (Lipinski definition) is 6. The first-order valence-electron chi connectivity index (χ1n) is 7.54. The average molecular weight is 312 g/mol. The third kappa shape index (κ3) is 2.53. The highest BCUT2D eigenvalue weighted by atomic mass is 16.5. The van der Waals surface area contributed by atoms with Crippen molar-refractivity contribution in [1.29, 1.82) is 0 Å². The number of ether oxygens (including phenoxy) is 1. The minimum absolute atomic E-state index is 0.0648. The second-order valence-corrected chi connectivity index (χ2v) is 5.84. The van der Waals surface area contributed by atoms with Crippen molar-refractivity contribution in [3.8, 4) is 0 Å². The number of pyridine rings is 1. The molecule has 0 spiro atoms. The predicted molar refractivity (Wildman–Crippen MR) is 82.1 cm³/mol. The summed E-state index contributed by atoms with van der Waals surface area (Å²) in [7, 11) is 0. The van der Waals surface area contributed by atoms with Gasteiger partial charge in [0.25, 0.3) is 5.56 Å². The van der Waals surface area contributed by atoms with E-state index in [2.05, 4.69) is 15.1 Å². The van der Waals surface area contributed by atoms with Crippen LogP contribution in [0.15, 0.2) is 40.0 Å². The molecule has 4 rings (SSSR count). The van der Waals surface area contributed by atoms with Crippen LogP contribution in [0.2, 0.25) is 0 Å². The second kappa shape index (κ2) is 5.58. The highest BCUT2D eigenvalue weighted by molar-refractivity contribution is 5.72. The normalized spacial score (nSPS) is 21.1. The highest BCUT2D eigenvalue weighted by Gasteiger charge is 2.32. The monoisotopic (exact) mass is 312 g/mol. The first kappa shape index (κ1) is 14.1. The van der Waals surface area contributed by atoms with Gasteiger partial charge in [0.05, 0.1) is 30.3 Å². The molecular weight excluding hydrogens is 296 g/mol. The summed E-state index contributed by atoms with van der Waals surface area (Å²) in [4.78, 5) is 21.1. The Hall–Kier alpha value is -2.54.